The molecule has 0 aromatic heterocycles. The van der Waals surface area contributed by atoms with Gasteiger partial charge in [0.05, 0.1) is 11.8 Å². The molecule has 2 aromatic rings. The van der Waals surface area contributed by atoms with E-state index in [9.17, 15) is 14.7 Å². The molecule has 0 bridgehead atoms. The molecule has 1 aliphatic heterocycles. The molecule has 2 aliphatic rings. The van der Waals surface area contributed by atoms with E-state index in [4.69, 9.17) is 11.6 Å². The highest BCUT2D eigenvalue weighted by Crippen LogP contribution is 2.28. The summed E-state index contributed by atoms with van der Waals surface area (Å²) in [5.74, 6) is -2.36. The van der Waals surface area contributed by atoms with Crippen LogP contribution in [-0.2, 0) is 9.59 Å². The van der Waals surface area contributed by atoms with Crippen molar-refractivity contribution in [2.24, 2.45) is 11.8 Å². The maximum atomic E-state index is 12.6. The van der Waals surface area contributed by atoms with Gasteiger partial charge < -0.3 is 20.2 Å². The first-order valence-corrected chi connectivity index (χ1v) is 10.9. The predicted octanol–water partition coefficient (Wildman–Crippen LogP) is 4.27. The van der Waals surface area contributed by atoms with Crippen LogP contribution in [0.3, 0.4) is 0 Å². The van der Waals surface area contributed by atoms with Gasteiger partial charge in [0.15, 0.2) is 0 Å². The number of carbonyl (C=O) groups excluding carboxylic acids is 1. The second-order valence-electron chi connectivity index (χ2n) is 7.98. The van der Waals surface area contributed by atoms with E-state index in [0.29, 0.717) is 18.5 Å². The van der Waals surface area contributed by atoms with Crippen molar-refractivity contribution in [3.05, 3.63) is 65.7 Å². The summed E-state index contributed by atoms with van der Waals surface area (Å²) in [6, 6.07) is 15.7. The molecule has 162 valence electrons. The maximum Gasteiger partial charge on any atom is 0.307 e. The van der Waals surface area contributed by atoms with E-state index in [1.165, 1.54) is 0 Å². The van der Waals surface area contributed by atoms with Crippen molar-refractivity contribution in [1.82, 2.24) is 0 Å². The molecule has 31 heavy (non-hydrogen) atoms. The van der Waals surface area contributed by atoms with E-state index in [1.54, 1.807) is 0 Å². The molecule has 0 unspecified atom stereocenters. The van der Waals surface area contributed by atoms with Gasteiger partial charge in [0.1, 0.15) is 0 Å². The molecule has 1 saturated heterocycles. The minimum atomic E-state index is -0.920. The Hall–Kier alpha value is -2.99. The van der Waals surface area contributed by atoms with Crippen LogP contribution in [0.15, 0.2) is 60.7 Å². The smallest absolute Gasteiger partial charge is 0.307 e. The zero-order chi connectivity index (χ0) is 21.8. The summed E-state index contributed by atoms with van der Waals surface area (Å²) < 4.78 is 0. The fourth-order valence-corrected chi connectivity index (χ4v) is 4.45. The lowest BCUT2D eigenvalue weighted by Crippen LogP contribution is -2.46. The molecule has 1 amide bonds. The average Bonchev–Trinajstić information content (AvgIpc) is 2.79. The number of aliphatic carboxylic acids is 1. The average molecular weight is 440 g/mol. The minimum Gasteiger partial charge on any atom is -0.481 e. The summed E-state index contributed by atoms with van der Waals surface area (Å²) >= 11 is 6.11. The zero-order valence-electron chi connectivity index (χ0n) is 17.2. The summed E-state index contributed by atoms with van der Waals surface area (Å²) in [4.78, 5) is 28.7. The number of hydrogen-bond acceptors (Lipinski definition) is 4. The number of amides is 1. The Kier molecular flexibility index (Phi) is 6.47. The van der Waals surface area contributed by atoms with Crippen LogP contribution in [0.25, 0.3) is 0 Å². The Morgan fingerprint density at radius 3 is 2.10 bits per heavy atom. The third kappa shape index (κ3) is 5.02. The number of piperazine rings is 1. The van der Waals surface area contributed by atoms with Gasteiger partial charge in [0.2, 0.25) is 5.91 Å². The van der Waals surface area contributed by atoms with Crippen LogP contribution >= 0.6 is 11.6 Å². The molecular formula is C24H26ClN3O3. The normalized spacial score (nSPS) is 21.1. The highest BCUT2D eigenvalue weighted by molar-refractivity contribution is 6.30. The Bertz CT molecular complexity index is 968. The van der Waals surface area contributed by atoms with Crippen LogP contribution in [0.2, 0.25) is 5.02 Å². The molecule has 2 aromatic carbocycles. The summed E-state index contributed by atoms with van der Waals surface area (Å²) in [7, 11) is 0. The number of hydrogen-bond donors (Lipinski definition) is 2. The predicted molar refractivity (Wildman–Crippen MR) is 124 cm³/mol. The van der Waals surface area contributed by atoms with Gasteiger partial charge >= 0.3 is 5.97 Å². The fourth-order valence-electron chi connectivity index (χ4n) is 4.26. The number of halogens is 1. The standard InChI is InChI=1S/C24H26ClN3O3/c25-17-4-3-5-20(16-17)28-14-12-27(13-15-28)19-10-8-18(9-11-19)26-23(29)21-6-1-2-7-22(21)24(30)31/h1-5,8-11,16,21-22H,6-7,12-15H2,(H,26,29)(H,30,31)/t21-,22-/m0/s1. The monoisotopic (exact) mass is 439 g/mol. The lowest BCUT2D eigenvalue weighted by molar-refractivity contribution is -0.146. The Balaban J connectivity index is 1.34. The van der Waals surface area contributed by atoms with Crippen LogP contribution in [0.1, 0.15) is 12.8 Å². The number of anilines is 3. The SMILES string of the molecule is O=C(O)[C@H]1CC=CC[C@@H]1C(=O)Nc1ccc(N2CCN(c3cccc(Cl)c3)CC2)cc1. The highest BCUT2D eigenvalue weighted by atomic mass is 35.5. The minimum absolute atomic E-state index is 0.236. The lowest BCUT2D eigenvalue weighted by atomic mass is 9.82. The number of allylic oxidation sites excluding steroid dienone is 2. The molecule has 0 saturated carbocycles. The molecule has 4 rings (SSSR count). The summed E-state index contributed by atoms with van der Waals surface area (Å²) in [5, 5.41) is 13.0. The summed E-state index contributed by atoms with van der Waals surface area (Å²) in [6.07, 6.45) is 4.57. The molecule has 1 heterocycles. The molecule has 1 aliphatic carbocycles. The van der Waals surface area contributed by atoms with Gasteiger partial charge in [-0.25, -0.2) is 0 Å². The van der Waals surface area contributed by atoms with Gasteiger partial charge in [0, 0.05) is 48.3 Å². The topological polar surface area (TPSA) is 72.9 Å². The van der Waals surface area contributed by atoms with E-state index in [0.717, 1.165) is 42.6 Å². The number of nitrogens with one attached hydrogen (secondary N) is 1. The van der Waals surface area contributed by atoms with Gasteiger partial charge in [-0.1, -0.05) is 29.8 Å². The number of rotatable bonds is 5. The largest absolute Gasteiger partial charge is 0.481 e. The number of carbonyl (C=O) groups is 2. The van der Waals surface area contributed by atoms with Crippen LogP contribution in [0, 0.1) is 11.8 Å². The molecule has 6 nitrogen and oxygen atoms in total. The first-order valence-electron chi connectivity index (χ1n) is 10.6. The molecule has 2 N–H and O–H groups in total. The van der Waals surface area contributed by atoms with E-state index >= 15 is 0 Å². The molecule has 0 radical (unpaired) electrons. The third-order valence-corrected chi connectivity index (χ3v) is 6.27. The van der Waals surface area contributed by atoms with Crippen molar-refractivity contribution in [1.29, 1.82) is 0 Å². The van der Waals surface area contributed by atoms with Crippen LogP contribution in [0.4, 0.5) is 17.1 Å². The zero-order valence-corrected chi connectivity index (χ0v) is 18.0. The quantitative estimate of drug-likeness (QED) is 0.680. The fraction of sp³-hybridized carbons (Fsp3) is 0.333. The van der Waals surface area contributed by atoms with Crippen molar-refractivity contribution in [3.63, 3.8) is 0 Å². The van der Waals surface area contributed by atoms with Crippen molar-refractivity contribution >= 4 is 40.5 Å². The molecule has 1 fully saturated rings. The molecule has 0 spiro atoms. The van der Waals surface area contributed by atoms with Crippen LogP contribution in [-0.4, -0.2) is 43.2 Å². The highest BCUT2D eigenvalue weighted by Gasteiger charge is 2.34. The second kappa shape index (κ2) is 9.43. The lowest BCUT2D eigenvalue weighted by Gasteiger charge is -2.37. The number of benzene rings is 2. The maximum absolute atomic E-state index is 12.6. The molecule has 7 heteroatoms. The van der Waals surface area contributed by atoms with E-state index in [-0.39, 0.29) is 5.91 Å². The Morgan fingerprint density at radius 1 is 0.871 bits per heavy atom. The van der Waals surface area contributed by atoms with E-state index in [2.05, 4.69) is 21.2 Å². The Morgan fingerprint density at radius 2 is 1.48 bits per heavy atom. The van der Waals surface area contributed by atoms with Crippen molar-refractivity contribution < 1.29 is 14.7 Å². The van der Waals surface area contributed by atoms with Crippen molar-refractivity contribution in [2.45, 2.75) is 12.8 Å². The van der Waals surface area contributed by atoms with Gasteiger partial charge in [0.25, 0.3) is 0 Å². The summed E-state index contributed by atoms with van der Waals surface area (Å²) in [5.41, 5.74) is 2.93. The van der Waals surface area contributed by atoms with Crippen LogP contribution < -0.4 is 15.1 Å². The number of carboxylic acid groups (broad SMARTS) is 1. The van der Waals surface area contributed by atoms with E-state index < -0.39 is 17.8 Å². The van der Waals surface area contributed by atoms with Crippen LogP contribution in [0.5, 0.6) is 0 Å². The van der Waals surface area contributed by atoms with Crippen molar-refractivity contribution in [3.8, 4) is 0 Å². The van der Waals surface area contributed by atoms with Gasteiger partial charge in [-0.15, -0.1) is 0 Å². The van der Waals surface area contributed by atoms with Crippen molar-refractivity contribution in [2.75, 3.05) is 41.3 Å². The first kappa shape index (κ1) is 21.2. The van der Waals surface area contributed by atoms with E-state index in [1.807, 2.05) is 54.6 Å². The number of carboxylic acids is 1. The molecule has 2 atom stereocenters. The van der Waals surface area contributed by atoms with Gasteiger partial charge in [-0.05, 0) is 55.3 Å². The van der Waals surface area contributed by atoms with Gasteiger partial charge in [-0.3, -0.25) is 9.59 Å². The Labute approximate surface area is 187 Å². The third-order valence-electron chi connectivity index (χ3n) is 6.04. The summed E-state index contributed by atoms with van der Waals surface area (Å²) in [6.45, 7) is 3.61. The van der Waals surface area contributed by atoms with Gasteiger partial charge in [-0.2, -0.15) is 0 Å². The second-order valence-corrected chi connectivity index (χ2v) is 8.42. The molecular weight excluding hydrogens is 414 g/mol. The first-order chi connectivity index (χ1) is 15.0. The number of nitrogens with zero attached hydrogens (tertiary/aromatic N) is 2.